The molecule has 3 N–H and O–H groups in total. The van der Waals surface area contributed by atoms with Gasteiger partial charge in [-0.05, 0) is 18.4 Å². The van der Waals surface area contributed by atoms with Crippen LogP contribution in [0.2, 0.25) is 0 Å². The van der Waals surface area contributed by atoms with Crippen molar-refractivity contribution >= 4 is 64.1 Å². The zero-order valence-corrected chi connectivity index (χ0v) is 25.2. The maximum Gasteiger partial charge on any atom is 0.280 e. The van der Waals surface area contributed by atoms with Crippen LogP contribution in [0.15, 0.2) is 23.8 Å². The van der Waals surface area contributed by atoms with Gasteiger partial charge in [0.25, 0.3) is 29.4 Å². The smallest absolute Gasteiger partial charge is 0.280 e. The molecule has 3 aromatic heterocycles. The van der Waals surface area contributed by atoms with Crippen LogP contribution in [0, 0.1) is 11.6 Å². The van der Waals surface area contributed by atoms with E-state index in [4.69, 9.17) is 31.3 Å². The number of aromatic nitrogens is 4. The molecule has 2 aliphatic rings. The van der Waals surface area contributed by atoms with E-state index in [0.717, 1.165) is 4.88 Å². The summed E-state index contributed by atoms with van der Waals surface area (Å²) in [6, 6.07) is 3.62. The predicted molar refractivity (Wildman–Crippen MR) is 134 cm³/mol. The lowest BCUT2D eigenvalue weighted by Gasteiger charge is -2.33. The van der Waals surface area contributed by atoms with E-state index >= 15 is 0 Å². The molecule has 0 aromatic carbocycles. The third kappa shape index (κ3) is 7.29. The summed E-state index contributed by atoms with van der Waals surface area (Å²) in [6.07, 6.45) is -4.72. The molecule has 2 fully saturated rings. The number of imidazole rings is 1. The molecule has 0 radical (unpaired) electrons. The molecule has 8 unspecified atom stereocenters. The van der Waals surface area contributed by atoms with Crippen LogP contribution in [0.4, 0.5) is 0 Å². The molecule has 2 aliphatic heterocycles. The van der Waals surface area contributed by atoms with Crippen molar-refractivity contribution in [3.8, 4) is 0 Å². The van der Waals surface area contributed by atoms with Gasteiger partial charge in [-0.15, -0.1) is 11.3 Å². The van der Waals surface area contributed by atoms with Crippen molar-refractivity contribution in [2.45, 2.75) is 44.3 Å². The van der Waals surface area contributed by atoms with Crippen LogP contribution in [-0.2, 0) is 52.4 Å². The highest BCUT2D eigenvalue weighted by Crippen LogP contribution is 2.61. The number of fused-ring (bicyclic) bond motifs is 2. The molecule has 1 amide bonds. The molecule has 3 aromatic rings. The summed E-state index contributed by atoms with van der Waals surface area (Å²) in [5.41, 5.74) is 0.670. The fraction of sp³-hybridized carbons (Fsp3) is 0.444. The van der Waals surface area contributed by atoms with Crippen LogP contribution in [0.3, 0.4) is 0 Å². The van der Waals surface area contributed by atoms with E-state index in [2.05, 4.69) is 33.4 Å². The second kappa shape index (κ2) is 12.0. The first-order chi connectivity index (χ1) is 19.6. The molecule has 5 rings (SSSR count). The van der Waals surface area contributed by atoms with Gasteiger partial charge in [0.15, 0.2) is 10.9 Å². The zero-order chi connectivity index (χ0) is 30.4. The zero-order valence-electron chi connectivity index (χ0n) is 20.9. The summed E-state index contributed by atoms with van der Waals surface area (Å²) >= 11 is 6.67. The van der Waals surface area contributed by atoms with Crippen molar-refractivity contribution < 1.29 is 65.4 Å². The van der Waals surface area contributed by atoms with Crippen molar-refractivity contribution in [1.82, 2.24) is 24.8 Å². The average molecular weight is 686 g/mol. The second-order valence-electron chi connectivity index (χ2n) is 8.69. The Morgan fingerprint density at radius 2 is 1.95 bits per heavy atom. The monoisotopic (exact) mass is 686 g/mol. The van der Waals surface area contributed by atoms with Crippen molar-refractivity contribution in [3.05, 3.63) is 39.2 Å². The Morgan fingerprint density at radius 3 is 2.64 bits per heavy atom. The molecule has 0 aliphatic carbocycles. The quantitative estimate of drug-likeness (QED) is 0.171. The van der Waals surface area contributed by atoms with E-state index in [-0.39, 0.29) is 11.2 Å². The molecule has 2 saturated heterocycles. The highest BCUT2D eigenvalue weighted by Gasteiger charge is 2.55. The normalized spacial score (nSPS) is 28.2. The molecule has 19 nitrogen and oxygen atoms in total. The highest BCUT2D eigenvalue weighted by molar-refractivity contribution is 7.71. The SMILES string of the molecule is Cc1nc(=S)c2ncn(C3OC(COP(=O)([O-])OP(=O)([O-])OP(=O)([O-])O)C4OC(C(=O)NCc5cccs5)OC43)c2[nH]1. The van der Waals surface area contributed by atoms with Gasteiger partial charge in [0, 0.05) is 4.88 Å². The Hall–Kier alpha value is -1.77. The second-order valence-corrected chi connectivity index (χ2v) is 14.4. The van der Waals surface area contributed by atoms with E-state index in [1.54, 1.807) is 6.92 Å². The Balaban J connectivity index is 1.36. The van der Waals surface area contributed by atoms with Crippen molar-refractivity contribution in [3.63, 3.8) is 0 Å². The van der Waals surface area contributed by atoms with Crippen molar-refractivity contribution in [2.75, 3.05) is 6.61 Å². The lowest BCUT2D eigenvalue weighted by molar-refractivity contribution is -0.250. The minimum absolute atomic E-state index is 0.183. The number of carbonyl (C=O) groups excluding carboxylic acids is 1. The van der Waals surface area contributed by atoms with Crippen LogP contribution in [0.25, 0.3) is 11.2 Å². The number of carbonyl (C=O) groups is 1. The third-order valence-electron chi connectivity index (χ3n) is 5.72. The Kier molecular flexibility index (Phi) is 9.01. The van der Waals surface area contributed by atoms with Gasteiger partial charge >= 0.3 is 0 Å². The number of thiophene rings is 1. The largest absolute Gasteiger partial charge is 0.756 e. The van der Waals surface area contributed by atoms with Gasteiger partial charge in [0.05, 0.1) is 19.5 Å². The number of amides is 1. The number of ether oxygens (including phenoxy) is 3. The van der Waals surface area contributed by atoms with E-state index in [1.807, 2.05) is 17.5 Å². The van der Waals surface area contributed by atoms with Gasteiger partial charge in [-0.2, -0.15) is 0 Å². The maximum atomic E-state index is 12.8. The van der Waals surface area contributed by atoms with Crippen LogP contribution in [-0.4, -0.2) is 61.5 Å². The van der Waals surface area contributed by atoms with Crippen LogP contribution >= 0.6 is 47.0 Å². The molecule has 0 saturated carbocycles. The Bertz CT molecular complexity index is 1680. The van der Waals surface area contributed by atoms with Crippen molar-refractivity contribution in [1.29, 1.82) is 0 Å². The van der Waals surface area contributed by atoms with Gasteiger partial charge < -0.3 is 48.6 Å². The summed E-state index contributed by atoms with van der Waals surface area (Å²) in [5.74, 6) is -0.197. The van der Waals surface area contributed by atoms with Crippen molar-refractivity contribution in [2.24, 2.45) is 0 Å². The van der Waals surface area contributed by atoms with Gasteiger partial charge in [0.2, 0.25) is 6.29 Å². The molecular weight excluding hydrogens is 667 g/mol. The number of phosphoric acid groups is 3. The number of nitrogens with zero attached hydrogens (tertiary/aromatic N) is 3. The molecule has 0 spiro atoms. The molecule has 8 atom stereocenters. The molecule has 0 bridgehead atoms. The first kappa shape index (κ1) is 31.6. The molecule has 24 heteroatoms. The summed E-state index contributed by atoms with van der Waals surface area (Å²) in [7, 11) is -17.9. The van der Waals surface area contributed by atoms with E-state index < -0.39 is 66.8 Å². The third-order valence-corrected chi connectivity index (χ3v) is 10.6. The first-order valence-corrected chi connectivity index (χ1v) is 17.2. The standard InChI is InChI=1S/C18H22N5O14P3S2/c1-8-21-14-11(16(41)22-8)20-7-23(14)17-13-12(34-18(35-13)15(24)19-5-9-3-2-4-42-9)10(33-17)6-32-39(28,29)37-40(30,31)36-38(25,26)27/h2-4,7,10,12-13,17-18H,5-6H2,1H3,(H,19,24)(H,28,29)(H,30,31)(H,21,22,41)(H2,25,26,27)/p-3. The number of H-pyrrole nitrogens is 1. The summed E-state index contributed by atoms with van der Waals surface area (Å²) in [6.45, 7) is 0.898. The number of aromatic amines is 1. The summed E-state index contributed by atoms with van der Waals surface area (Å²) < 4.78 is 65.1. The number of rotatable bonds is 11. The van der Waals surface area contributed by atoms with E-state index in [1.165, 1.54) is 22.2 Å². The molecule has 42 heavy (non-hydrogen) atoms. The number of aryl methyl sites for hydroxylation is 1. The minimum atomic E-state index is -6.12. The topological polar surface area (TPSA) is 272 Å². The van der Waals surface area contributed by atoms with Crippen LogP contribution in [0.5, 0.6) is 0 Å². The number of hydrogen-bond acceptors (Lipinski definition) is 17. The number of nitrogens with one attached hydrogen (secondary N) is 2. The Labute approximate surface area is 244 Å². The lowest BCUT2D eigenvalue weighted by Crippen LogP contribution is -2.37. The maximum absolute atomic E-state index is 12.8. The van der Waals surface area contributed by atoms with Gasteiger partial charge in [0.1, 0.15) is 35.3 Å². The molecular formula is C18H19N5O14P3S2-3. The summed E-state index contributed by atoms with van der Waals surface area (Å²) in [5, 5.41) is 4.50. The van der Waals surface area contributed by atoms with Crippen LogP contribution in [0.1, 0.15) is 16.9 Å². The minimum Gasteiger partial charge on any atom is -0.756 e. The fourth-order valence-corrected chi connectivity index (χ4v) is 8.01. The first-order valence-electron chi connectivity index (χ1n) is 11.5. The molecule has 5 heterocycles. The summed E-state index contributed by atoms with van der Waals surface area (Å²) in [4.78, 5) is 67.9. The lowest BCUT2D eigenvalue weighted by atomic mass is 10.1. The number of hydrogen-bond donors (Lipinski definition) is 3. The Morgan fingerprint density at radius 1 is 1.21 bits per heavy atom. The molecule has 230 valence electrons. The number of phosphoric ester groups is 1. The van der Waals surface area contributed by atoms with E-state index in [0.29, 0.717) is 17.0 Å². The average Bonchev–Trinajstić information content (AvgIpc) is 3.63. The van der Waals surface area contributed by atoms with Gasteiger partial charge in [-0.25, -0.2) is 18.6 Å². The fourth-order valence-electron chi connectivity index (χ4n) is 4.18. The van der Waals surface area contributed by atoms with Gasteiger partial charge in [-0.3, -0.25) is 23.1 Å². The van der Waals surface area contributed by atoms with Gasteiger partial charge in [-0.1, -0.05) is 18.3 Å². The van der Waals surface area contributed by atoms with Crippen LogP contribution < -0.4 is 20.0 Å². The predicted octanol–water partition coefficient (Wildman–Crippen LogP) is -0.370. The van der Waals surface area contributed by atoms with E-state index in [9.17, 15) is 33.2 Å². The highest BCUT2D eigenvalue weighted by atomic mass is 32.1.